The lowest BCUT2D eigenvalue weighted by molar-refractivity contribution is 0.102. The molecule has 0 bridgehead atoms. The number of carbonyl (C=O) groups is 1. The molecule has 0 fully saturated rings. The van der Waals surface area contributed by atoms with Crippen LogP contribution in [0.5, 0.6) is 0 Å². The van der Waals surface area contributed by atoms with Crippen LogP contribution in [0.2, 0.25) is 0 Å². The molecule has 0 spiro atoms. The van der Waals surface area contributed by atoms with Crippen molar-refractivity contribution in [2.24, 2.45) is 0 Å². The molecule has 0 saturated heterocycles. The van der Waals surface area contributed by atoms with Crippen LogP contribution in [0.3, 0.4) is 0 Å². The third kappa shape index (κ3) is 2.91. The zero-order valence-corrected chi connectivity index (χ0v) is 10.2. The van der Waals surface area contributed by atoms with Gasteiger partial charge in [-0.3, -0.25) is 4.79 Å². The van der Waals surface area contributed by atoms with Crippen LogP contribution >= 0.6 is 0 Å². The molecule has 0 unspecified atom stereocenters. The van der Waals surface area contributed by atoms with E-state index in [1.807, 2.05) is 19.9 Å². The van der Waals surface area contributed by atoms with Crippen molar-refractivity contribution in [2.75, 3.05) is 5.32 Å². The highest BCUT2D eigenvalue weighted by atomic mass is 19.1. The van der Waals surface area contributed by atoms with Gasteiger partial charge in [0.05, 0.1) is 0 Å². The second-order valence-electron chi connectivity index (χ2n) is 4.18. The molecule has 1 aromatic heterocycles. The fraction of sp³-hybridized carbons (Fsp3) is 0.143. The first kappa shape index (κ1) is 12.2. The lowest BCUT2D eigenvalue weighted by atomic mass is 10.1. The highest BCUT2D eigenvalue weighted by Gasteiger charge is 2.08. The first-order chi connectivity index (χ1) is 8.54. The van der Waals surface area contributed by atoms with Crippen molar-refractivity contribution < 1.29 is 9.18 Å². The number of amides is 1. The van der Waals surface area contributed by atoms with Crippen LogP contribution in [0.15, 0.2) is 36.4 Å². The second kappa shape index (κ2) is 4.96. The largest absolute Gasteiger partial charge is 0.306 e. The minimum atomic E-state index is -0.617. The number of pyridine rings is 1. The molecule has 0 saturated carbocycles. The molecule has 1 heterocycles. The normalized spacial score (nSPS) is 10.2. The van der Waals surface area contributed by atoms with Gasteiger partial charge in [-0.2, -0.15) is 4.39 Å². The minimum Gasteiger partial charge on any atom is -0.306 e. The monoisotopic (exact) mass is 244 g/mol. The summed E-state index contributed by atoms with van der Waals surface area (Å²) >= 11 is 0. The summed E-state index contributed by atoms with van der Waals surface area (Å²) in [4.78, 5) is 15.5. The van der Waals surface area contributed by atoms with Crippen LogP contribution in [0, 0.1) is 19.8 Å². The van der Waals surface area contributed by atoms with Gasteiger partial charge >= 0.3 is 0 Å². The van der Waals surface area contributed by atoms with E-state index in [1.165, 1.54) is 12.1 Å². The smallest absolute Gasteiger partial charge is 0.256 e. The number of halogens is 1. The average molecular weight is 244 g/mol. The number of aryl methyl sites for hydroxylation is 2. The van der Waals surface area contributed by atoms with Crippen LogP contribution in [-0.4, -0.2) is 10.9 Å². The molecule has 3 nitrogen and oxygen atoms in total. The Balaban J connectivity index is 2.22. The molecule has 0 aliphatic heterocycles. The maximum atomic E-state index is 12.9. The molecule has 0 aliphatic rings. The number of nitrogens with one attached hydrogen (secondary N) is 1. The number of hydrogen-bond acceptors (Lipinski definition) is 2. The van der Waals surface area contributed by atoms with Crippen LogP contribution in [0.1, 0.15) is 21.5 Å². The van der Waals surface area contributed by atoms with Gasteiger partial charge in [0.1, 0.15) is 5.82 Å². The molecule has 0 atom stereocenters. The van der Waals surface area contributed by atoms with Gasteiger partial charge in [0.25, 0.3) is 5.91 Å². The van der Waals surface area contributed by atoms with Crippen LogP contribution < -0.4 is 5.32 Å². The highest BCUT2D eigenvalue weighted by Crippen LogP contribution is 2.11. The van der Waals surface area contributed by atoms with E-state index in [1.54, 1.807) is 18.2 Å². The van der Waals surface area contributed by atoms with E-state index in [2.05, 4.69) is 10.3 Å². The summed E-state index contributed by atoms with van der Waals surface area (Å²) in [7, 11) is 0. The van der Waals surface area contributed by atoms with E-state index in [0.717, 1.165) is 11.1 Å². The van der Waals surface area contributed by atoms with Gasteiger partial charge < -0.3 is 5.32 Å². The maximum Gasteiger partial charge on any atom is 0.256 e. The molecule has 18 heavy (non-hydrogen) atoms. The third-order valence-corrected chi connectivity index (χ3v) is 2.44. The molecule has 2 aromatic rings. The van der Waals surface area contributed by atoms with Crippen molar-refractivity contribution in [3.05, 3.63) is 59.0 Å². The summed E-state index contributed by atoms with van der Waals surface area (Å²) in [6.45, 7) is 3.84. The third-order valence-electron chi connectivity index (χ3n) is 2.44. The van der Waals surface area contributed by atoms with Gasteiger partial charge in [-0.15, -0.1) is 0 Å². The van der Waals surface area contributed by atoms with E-state index in [4.69, 9.17) is 0 Å². The molecule has 92 valence electrons. The number of anilines is 1. The molecule has 2 rings (SSSR count). The molecule has 4 heteroatoms. The number of rotatable bonds is 2. The Morgan fingerprint density at radius 1 is 1.17 bits per heavy atom. The van der Waals surface area contributed by atoms with E-state index >= 15 is 0 Å². The van der Waals surface area contributed by atoms with Gasteiger partial charge in [0, 0.05) is 5.56 Å². The molecular weight excluding hydrogens is 231 g/mol. The van der Waals surface area contributed by atoms with E-state index < -0.39 is 5.95 Å². The Labute approximate surface area is 105 Å². The van der Waals surface area contributed by atoms with Gasteiger partial charge in [-0.1, -0.05) is 23.3 Å². The average Bonchev–Trinajstić information content (AvgIpc) is 2.27. The molecule has 0 aliphatic carbocycles. The molecule has 1 amide bonds. The number of nitrogens with zero attached hydrogens (tertiary/aromatic N) is 1. The number of benzene rings is 1. The fourth-order valence-corrected chi connectivity index (χ4v) is 1.77. The Kier molecular flexibility index (Phi) is 3.37. The minimum absolute atomic E-state index is 0.208. The summed E-state index contributed by atoms with van der Waals surface area (Å²) in [6.07, 6.45) is 0. The maximum absolute atomic E-state index is 12.9. The zero-order valence-electron chi connectivity index (χ0n) is 10.2. The van der Waals surface area contributed by atoms with Crippen molar-refractivity contribution in [2.45, 2.75) is 13.8 Å². The van der Waals surface area contributed by atoms with E-state index in [-0.39, 0.29) is 11.7 Å². The Bertz CT molecular complexity index is 576. The van der Waals surface area contributed by atoms with Crippen LogP contribution in [0.25, 0.3) is 0 Å². The highest BCUT2D eigenvalue weighted by molar-refractivity contribution is 6.03. The topological polar surface area (TPSA) is 42.0 Å². The Hall–Kier alpha value is -2.23. The zero-order chi connectivity index (χ0) is 13.1. The van der Waals surface area contributed by atoms with Gasteiger partial charge in [0.2, 0.25) is 5.95 Å². The number of hydrogen-bond donors (Lipinski definition) is 1. The second-order valence-corrected chi connectivity index (χ2v) is 4.18. The quantitative estimate of drug-likeness (QED) is 0.825. The summed E-state index contributed by atoms with van der Waals surface area (Å²) < 4.78 is 12.9. The molecule has 1 N–H and O–H groups in total. The summed E-state index contributed by atoms with van der Waals surface area (Å²) in [5.41, 5.74) is 2.55. The van der Waals surface area contributed by atoms with Gasteiger partial charge in [-0.05, 0) is 38.1 Å². The van der Waals surface area contributed by atoms with Crippen molar-refractivity contribution in [1.82, 2.24) is 4.98 Å². The van der Waals surface area contributed by atoms with Crippen molar-refractivity contribution in [3.63, 3.8) is 0 Å². The summed E-state index contributed by atoms with van der Waals surface area (Å²) in [5.74, 6) is -0.702. The van der Waals surface area contributed by atoms with Crippen LogP contribution in [-0.2, 0) is 0 Å². The first-order valence-corrected chi connectivity index (χ1v) is 5.57. The van der Waals surface area contributed by atoms with Crippen molar-refractivity contribution >= 4 is 11.7 Å². The predicted octanol–water partition coefficient (Wildman–Crippen LogP) is 3.09. The van der Waals surface area contributed by atoms with Crippen molar-refractivity contribution in [3.8, 4) is 0 Å². The fourth-order valence-electron chi connectivity index (χ4n) is 1.77. The number of carbonyl (C=O) groups excluding carboxylic acids is 1. The first-order valence-electron chi connectivity index (χ1n) is 5.57. The van der Waals surface area contributed by atoms with Crippen molar-refractivity contribution in [1.29, 1.82) is 0 Å². The SMILES string of the molecule is Cc1cc(C)cc(C(=O)Nc2cccc(F)n2)c1. The lowest BCUT2D eigenvalue weighted by Crippen LogP contribution is -2.13. The Morgan fingerprint density at radius 2 is 1.83 bits per heavy atom. The van der Waals surface area contributed by atoms with Gasteiger partial charge in [-0.25, -0.2) is 4.98 Å². The standard InChI is InChI=1S/C14H13FN2O/c1-9-6-10(2)8-11(7-9)14(18)17-13-5-3-4-12(15)16-13/h3-8H,1-2H3,(H,16,17,18). The van der Waals surface area contributed by atoms with E-state index in [0.29, 0.717) is 5.56 Å². The molecular formula is C14H13FN2O. The lowest BCUT2D eigenvalue weighted by Gasteiger charge is -2.06. The molecule has 1 aromatic carbocycles. The number of aromatic nitrogens is 1. The van der Waals surface area contributed by atoms with Gasteiger partial charge in [0.15, 0.2) is 0 Å². The molecule has 0 radical (unpaired) electrons. The van der Waals surface area contributed by atoms with Crippen LogP contribution in [0.4, 0.5) is 10.2 Å². The summed E-state index contributed by atoms with van der Waals surface area (Å²) in [6, 6.07) is 9.82. The summed E-state index contributed by atoms with van der Waals surface area (Å²) in [5, 5.41) is 2.56. The Morgan fingerprint density at radius 3 is 2.44 bits per heavy atom. The predicted molar refractivity (Wildman–Crippen MR) is 68.1 cm³/mol. The van der Waals surface area contributed by atoms with E-state index in [9.17, 15) is 9.18 Å².